The first-order chi connectivity index (χ1) is 6.66. The fourth-order valence-corrected chi connectivity index (χ4v) is 1.65. The number of aromatic nitrogens is 1. The van der Waals surface area contributed by atoms with Gasteiger partial charge < -0.3 is 4.98 Å². The van der Waals surface area contributed by atoms with Crippen molar-refractivity contribution in [3.8, 4) is 11.3 Å². The van der Waals surface area contributed by atoms with E-state index in [0.29, 0.717) is 0 Å². The molecule has 0 aliphatic heterocycles. The number of rotatable bonds is 1. The number of H-pyrrole nitrogens is 1. The number of halogens is 1. The fourth-order valence-electron chi connectivity index (χ4n) is 1.65. The molecule has 0 amide bonds. The van der Waals surface area contributed by atoms with Crippen LogP contribution >= 0.6 is 0 Å². The minimum atomic E-state index is -0.199. The Hall–Kier alpha value is -1.57. The summed E-state index contributed by atoms with van der Waals surface area (Å²) in [5.74, 6) is -0.199. The van der Waals surface area contributed by atoms with E-state index in [9.17, 15) is 4.39 Å². The molecule has 2 rings (SSSR count). The lowest BCUT2D eigenvalue weighted by atomic mass is 10.1. The Bertz CT molecular complexity index is 440. The predicted molar refractivity (Wildman–Crippen MR) is 55.7 cm³/mol. The summed E-state index contributed by atoms with van der Waals surface area (Å²) in [6.07, 6.45) is 0. The third-order valence-electron chi connectivity index (χ3n) is 2.28. The van der Waals surface area contributed by atoms with Gasteiger partial charge in [0.15, 0.2) is 0 Å². The smallest absolute Gasteiger partial charge is 0.123 e. The van der Waals surface area contributed by atoms with E-state index in [1.807, 2.05) is 13.8 Å². The van der Waals surface area contributed by atoms with E-state index in [1.54, 1.807) is 12.1 Å². The van der Waals surface area contributed by atoms with Crippen LogP contribution in [0, 0.1) is 19.7 Å². The lowest BCUT2D eigenvalue weighted by Gasteiger charge is -1.99. The highest BCUT2D eigenvalue weighted by atomic mass is 19.1. The zero-order valence-electron chi connectivity index (χ0n) is 8.26. The molecule has 0 saturated carbocycles. The van der Waals surface area contributed by atoms with E-state index in [2.05, 4.69) is 11.1 Å². The molecule has 2 aromatic rings. The third-order valence-corrected chi connectivity index (χ3v) is 2.28. The van der Waals surface area contributed by atoms with Gasteiger partial charge in [0.1, 0.15) is 5.82 Å². The standard InChI is InChI=1S/C12H12FN/c1-8-7-9(2)14-12(8)10-3-5-11(13)6-4-10/h3-7,14H,1-2H3. The number of hydrogen-bond donors (Lipinski definition) is 1. The second kappa shape index (κ2) is 3.29. The van der Waals surface area contributed by atoms with Crippen molar-refractivity contribution in [2.75, 3.05) is 0 Å². The molecule has 1 nitrogen and oxygen atoms in total. The van der Waals surface area contributed by atoms with Gasteiger partial charge in [-0.25, -0.2) is 4.39 Å². The Kier molecular flexibility index (Phi) is 2.12. The second-order valence-corrected chi connectivity index (χ2v) is 3.52. The first-order valence-electron chi connectivity index (χ1n) is 4.59. The lowest BCUT2D eigenvalue weighted by Crippen LogP contribution is -1.81. The number of nitrogens with one attached hydrogen (secondary N) is 1. The molecule has 1 heterocycles. The summed E-state index contributed by atoms with van der Waals surface area (Å²) in [5, 5.41) is 0. The van der Waals surface area contributed by atoms with Crippen LogP contribution in [0.2, 0.25) is 0 Å². The molecule has 0 radical (unpaired) electrons. The van der Waals surface area contributed by atoms with Crippen molar-refractivity contribution in [1.82, 2.24) is 4.98 Å². The molecule has 0 saturated heterocycles. The molecule has 0 fully saturated rings. The molecule has 1 aromatic heterocycles. The van der Waals surface area contributed by atoms with Gasteiger partial charge in [0.25, 0.3) is 0 Å². The molecular weight excluding hydrogens is 177 g/mol. The van der Waals surface area contributed by atoms with Gasteiger partial charge >= 0.3 is 0 Å². The van der Waals surface area contributed by atoms with Gasteiger partial charge in [-0.1, -0.05) is 0 Å². The molecule has 0 bridgehead atoms. The molecule has 0 aliphatic carbocycles. The van der Waals surface area contributed by atoms with Crippen molar-refractivity contribution in [1.29, 1.82) is 0 Å². The Morgan fingerprint density at radius 2 is 1.71 bits per heavy atom. The monoisotopic (exact) mass is 189 g/mol. The normalized spacial score (nSPS) is 10.5. The summed E-state index contributed by atoms with van der Waals surface area (Å²) in [5.41, 5.74) is 4.41. The summed E-state index contributed by atoms with van der Waals surface area (Å²) >= 11 is 0. The van der Waals surface area contributed by atoms with Crippen LogP contribution in [0.5, 0.6) is 0 Å². The van der Waals surface area contributed by atoms with Gasteiger partial charge in [0.05, 0.1) is 0 Å². The van der Waals surface area contributed by atoms with Crippen LogP contribution in [-0.4, -0.2) is 4.98 Å². The largest absolute Gasteiger partial charge is 0.358 e. The van der Waals surface area contributed by atoms with Crippen molar-refractivity contribution in [2.45, 2.75) is 13.8 Å². The number of benzene rings is 1. The van der Waals surface area contributed by atoms with Crippen molar-refractivity contribution in [2.24, 2.45) is 0 Å². The molecule has 0 spiro atoms. The summed E-state index contributed by atoms with van der Waals surface area (Å²) in [4.78, 5) is 3.26. The Balaban J connectivity index is 2.49. The number of aryl methyl sites for hydroxylation is 2. The van der Waals surface area contributed by atoms with E-state index < -0.39 is 0 Å². The molecule has 72 valence electrons. The number of aromatic amines is 1. The summed E-state index contributed by atoms with van der Waals surface area (Å²) in [6, 6.07) is 8.61. The topological polar surface area (TPSA) is 15.8 Å². The maximum Gasteiger partial charge on any atom is 0.123 e. The fraction of sp³-hybridized carbons (Fsp3) is 0.167. The number of hydrogen-bond acceptors (Lipinski definition) is 0. The minimum Gasteiger partial charge on any atom is -0.358 e. The van der Waals surface area contributed by atoms with Gasteiger partial charge in [-0.2, -0.15) is 0 Å². The van der Waals surface area contributed by atoms with Crippen molar-refractivity contribution in [3.05, 3.63) is 47.4 Å². The molecule has 0 atom stereocenters. The van der Waals surface area contributed by atoms with E-state index in [4.69, 9.17) is 0 Å². The SMILES string of the molecule is Cc1cc(C)c(-c2ccc(F)cc2)[nH]1. The second-order valence-electron chi connectivity index (χ2n) is 3.52. The molecule has 2 heteroatoms. The van der Waals surface area contributed by atoms with E-state index in [0.717, 1.165) is 17.0 Å². The Labute approximate surface area is 82.6 Å². The predicted octanol–water partition coefficient (Wildman–Crippen LogP) is 3.44. The van der Waals surface area contributed by atoms with Crippen molar-refractivity contribution >= 4 is 0 Å². The van der Waals surface area contributed by atoms with Crippen LogP contribution in [0.25, 0.3) is 11.3 Å². The first kappa shape index (κ1) is 9.00. The molecule has 14 heavy (non-hydrogen) atoms. The maximum atomic E-state index is 12.7. The van der Waals surface area contributed by atoms with Gasteiger partial charge in [-0.3, -0.25) is 0 Å². The summed E-state index contributed by atoms with van der Waals surface area (Å²) < 4.78 is 12.7. The summed E-state index contributed by atoms with van der Waals surface area (Å²) in [6.45, 7) is 4.06. The highest BCUT2D eigenvalue weighted by Gasteiger charge is 2.04. The first-order valence-corrected chi connectivity index (χ1v) is 4.59. The van der Waals surface area contributed by atoms with Crippen LogP contribution in [0.3, 0.4) is 0 Å². The Morgan fingerprint density at radius 3 is 2.21 bits per heavy atom. The molecule has 1 aromatic carbocycles. The van der Waals surface area contributed by atoms with Crippen LogP contribution in [0.1, 0.15) is 11.3 Å². The van der Waals surface area contributed by atoms with Gasteiger partial charge in [0.2, 0.25) is 0 Å². The van der Waals surface area contributed by atoms with Crippen LogP contribution in [-0.2, 0) is 0 Å². The van der Waals surface area contributed by atoms with Crippen LogP contribution < -0.4 is 0 Å². The average molecular weight is 189 g/mol. The summed E-state index contributed by atoms with van der Waals surface area (Å²) in [7, 11) is 0. The lowest BCUT2D eigenvalue weighted by molar-refractivity contribution is 0.628. The van der Waals surface area contributed by atoms with Crippen LogP contribution in [0.4, 0.5) is 4.39 Å². The third kappa shape index (κ3) is 1.55. The zero-order valence-corrected chi connectivity index (χ0v) is 8.26. The van der Waals surface area contributed by atoms with E-state index >= 15 is 0 Å². The Morgan fingerprint density at radius 1 is 1.07 bits per heavy atom. The van der Waals surface area contributed by atoms with Gasteiger partial charge in [0, 0.05) is 11.4 Å². The van der Waals surface area contributed by atoms with Gasteiger partial charge in [-0.15, -0.1) is 0 Å². The molecule has 0 aliphatic rings. The molecule has 0 unspecified atom stereocenters. The van der Waals surface area contributed by atoms with Crippen molar-refractivity contribution < 1.29 is 4.39 Å². The van der Waals surface area contributed by atoms with E-state index in [1.165, 1.54) is 17.7 Å². The minimum absolute atomic E-state index is 0.199. The average Bonchev–Trinajstić information content (AvgIpc) is 2.47. The highest BCUT2D eigenvalue weighted by molar-refractivity contribution is 5.63. The maximum absolute atomic E-state index is 12.7. The molecular formula is C12H12FN. The molecule has 1 N–H and O–H groups in total. The quantitative estimate of drug-likeness (QED) is 0.707. The zero-order chi connectivity index (χ0) is 10.1. The highest BCUT2D eigenvalue weighted by Crippen LogP contribution is 2.22. The van der Waals surface area contributed by atoms with E-state index in [-0.39, 0.29) is 5.82 Å². The van der Waals surface area contributed by atoms with Crippen molar-refractivity contribution in [3.63, 3.8) is 0 Å². The van der Waals surface area contributed by atoms with Crippen LogP contribution in [0.15, 0.2) is 30.3 Å². The van der Waals surface area contributed by atoms with Gasteiger partial charge in [-0.05, 0) is 55.3 Å².